The highest BCUT2D eigenvalue weighted by molar-refractivity contribution is 6.17. The quantitative estimate of drug-likeness (QED) is 0.693. The number of rotatable bonds is 8. The lowest BCUT2D eigenvalue weighted by atomic mass is 10.1. The van der Waals surface area contributed by atoms with Gasteiger partial charge in [-0.15, -0.1) is 11.6 Å². The highest BCUT2D eigenvalue weighted by Crippen LogP contribution is 2.24. The fourth-order valence-electron chi connectivity index (χ4n) is 1.98. The van der Waals surface area contributed by atoms with Crippen LogP contribution in [0.5, 0.6) is 5.75 Å². The van der Waals surface area contributed by atoms with Gasteiger partial charge in [0.1, 0.15) is 5.75 Å². The van der Waals surface area contributed by atoms with Gasteiger partial charge in [0.15, 0.2) is 0 Å². The molecule has 102 valence electrons. The molecular formula is C15H24ClNO. The zero-order valence-electron chi connectivity index (χ0n) is 11.6. The third-order valence-electron chi connectivity index (χ3n) is 2.94. The van der Waals surface area contributed by atoms with Crippen LogP contribution in [0.2, 0.25) is 0 Å². The lowest BCUT2D eigenvalue weighted by molar-refractivity contribution is 0.337. The van der Waals surface area contributed by atoms with E-state index in [2.05, 4.69) is 31.3 Å². The molecular weight excluding hydrogens is 246 g/mol. The fraction of sp³-hybridized carbons (Fsp3) is 0.600. The van der Waals surface area contributed by atoms with Crippen LogP contribution >= 0.6 is 11.6 Å². The van der Waals surface area contributed by atoms with Crippen LogP contribution in [0, 0.1) is 5.92 Å². The van der Waals surface area contributed by atoms with Crippen molar-refractivity contribution in [2.75, 3.05) is 18.5 Å². The first-order valence-electron chi connectivity index (χ1n) is 6.76. The van der Waals surface area contributed by atoms with Crippen LogP contribution in [0.15, 0.2) is 18.2 Å². The number of halogens is 1. The van der Waals surface area contributed by atoms with Crippen LogP contribution in [0.3, 0.4) is 0 Å². The molecule has 2 nitrogen and oxygen atoms in total. The molecule has 3 heteroatoms. The smallest absolute Gasteiger partial charge is 0.123 e. The average Bonchev–Trinajstić information content (AvgIpc) is 2.38. The molecule has 1 aromatic carbocycles. The fourth-order valence-corrected chi connectivity index (χ4v) is 2.19. The highest BCUT2D eigenvalue weighted by atomic mass is 35.5. The zero-order chi connectivity index (χ0) is 13.4. The Labute approximate surface area is 116 Å². The molecule has 1 atom stereocenters. The standard InChI is InChI=1S/C15H24ClNO/c1-4-6-12(3)11-17-14-7-8-15(18-5-2)13(9-14)10-16/h7-9,12,17H,4-6,10-11H2,1-3H3. The van der Waals surface area contributed by atoms with Crippen molar-refractivity contribution in [1.29, 1.82) is 0 Å². The molecule has 0 fully saturated rings. The number of nitrogens with one attached hydrogen (secondary N) is 1. The summed E-state index contributed by atoms with van der Waals surface area (Å²) in [5, 5.41) is 3.46. The Kier molecular flexibility index (Phi) is 6.96. The van der Waals surface area contributed by atoms with E-state index in [1.165, 1.54) is 12.8 Å². The van der Waals surface area contributed by atoms with Gasteiger partial charge in [-0.05, 0) is 37.5 Å². The molecule has 0 saturated heterocycles. The third-order valence-corrected chi connectivity index (χ3v) is 3.23. The van der Waals surface area contributed by atoms with E-state index in [0.29, 0.717) is 18.4 Å². The predicted octanol–water partition coefficient (Wildman–Crippen LogP) is 4.67. The van der Waals surface area contributed by atoms with E-state index in [9.17, 15) is 0 Å². The van der Waals surface area contributed by atoms with Gasteiger partial charge in [-0.3, -0.25) is 0 Å². The second kappa shape index (κ2) is 8.25. The number of hydrogen-bond donors (Lipinski definition) is 1. The molecule has 0 saturated carbocycles. The summed E-state index contributed by atoms with van der Waals surface area (Å²) in [5.74, 6) is 2.07. The summed E-state index contributed by atoms with van der Waals surface area (Å²) in [6.07, 6.45) is 2.49. The number of alkyl halides is 1. The molecule has 0 spiro atoms. The Morgan fingerprint density at radius 3 is 2.72 bits per heavy atom. The third kappa shape index (κ3) is 4.77. The summed E-state index contributed by atoms with van der Waals surface area (Å²) in [7, 11) is 0. The van der Waals surface area contributed by atoms with E-state index >= 15 is 0 Å². The van der Waals surface area contributed by atoms with Crippen molar-refractivity contribution < 1.29 is 4.74 Å². The minimum absolute atomic E-state index is 0.482. The first-order valence-corrected chi connectivity index (χ1v) is 7.30. The second-order valence-corrected chi connectivity index (χ2v) is 4.93. The second-order valence-electron chi connectivity index (χ2n) is 4.66. The Morgan fingerprint density at radius 1 is 1.33 bits per heavy atom. The molecule has 1 N–H and O–H groups in total. The zero-order valence-corrected chi connectivity index (χ0v) is 12.4. The Hall–Kier alpha value is -0.890. The van der Waals surface area contributed by atoms with Crippen molar-refractivity contribution in [3.63, 3.8) is 0 Å². The van der Waals surface area contributed by atoms with Crippen molar-refractivity contribution in [3.05, 3.63) is 23.8 Å². The van der Waals surface area contributed by atoms with E-state index in [4.69, 9.17) is 16.3 Å². The van der Waals surface area contributed by atoms with Crippen molar-refractivity contribution in [3.8, 4) is 5.75 Å². The van der Waals surface area contributed by atoms with Crippen molar-refractivity contribution in [2.45, 2.75) is 39.5 Å². The van der Waals surface area contributed by atoms with Gasteiger partial charge in [0.25, 0.3) is 0 Å². The van der Waals surface area contributed by atoms with Crippen LogP contribution in [-0.2, 0) is 5.88 Å². The first-order chi connectivity index (χ1) is 8.71. The molecule has 0 aromatic heterocycles. The van der Waals surface area contributed by atoms with Crippen LogP contribution in [0.1, 0.15) is 39.2 Å². The molecule has 0 aliphatic heterocycles. The molecule has 1 rings (SSSR count). The molecule has 0 amide bonds. The minimum Gasteiger partial charge on any atom is -0.494 e. The molecule has 1 unspecified atom stereocenters. The Bertz CT molecular complexity index is 354. The largest absolute Gasteiger partial charge is 0.494 e. The number of anilines is 1. The summed E-state index contributed by atoms with van der Waals surface area (Å²) in [6, 6.07) is 6.13. The van der Waals surface area contributed by atoms with Gasteiger partial charge < -0.3 is 10.1 Å². The molecule has 0 bridgehead atoms. The number of hydrogen-bond acceptors (Lipinski definition) is 2. The van der Waals surface area contributed by atoms with Crippen LogP contribution < -0.4 is 10.1 Å². The van der Waals surface area contributed by atoms with E-state index in [1.54, 1.807) is 0 Å². The van der Waals surface area contributed by atoms with E-state index in [-0.39, 0.29) is 0 Å². The number of benzene rings is 1. The van der Waals surface area contributed by atoms with Gasteiger partial charge in [0.2, 0.25) is 0 Å². The van der Waals surface area contributed by atoms with Crippen LogP contribution in [0.25, 0.3) is 0 Å². The van der Waals surface area contributed by atoms with Gasteiger partial charge in [-0.2, -0.15) is 0 Å². The van der Waals surface area contributed by atoms with E-state index < -0.39 is 0 Å². The SMILES string of the molecule is CCCC(C)CNc1ccc(OCC)c(CCl)c1. The molecule has 0 aliphatic rings. The highest BCUT2D eigenvalue weighted by Gasteiger charge is 2.05. The maximum absolute atomic E-state index is 5.94. The Morgan fingerprint density at radius 2 is 2.11 bits per heavy atom. The van der Waals surface area contributed by atoms with Gasteiger partial charge >= 0.3 is 0 Å². The van der Waals surface area contributed by atoms with Crippen molar-refractivity contribution in [2.24, 2.45) is 5.92 Å². The summed E-state index contributed by atoms with van der Waals surface area (Å²) in [6.45, 7) is 8.15. The maximum Gasteiger partial charge on any atom is 0.123 e. The molecule has 18 heavy (non-hydrogen) atoms. The Balaban J connectivity index is 2.61. The van der Waals surface area contributed by atoms with Crippen LogP contribution in [0.4, 0.5) is 5.69 Å². The van der Waals surface area contributed by atoms with Gasteiger partial charge in [0.05, 0.1) is 12.5 Å². The predicted molar refractivity (Wildman–Crippen MR) is 79.7 cm³/mol. The van der Waals surface area contributed by atoms with E-state index in [0.717, 1.165) is 23.5 Å². The topological polar surface area (TPSA) is 21.3 Å². The van der Waals surface area contributed by atoms with Crippen molar-refractivity contribution in [1.82, 2.24) is 0 Å². The summed E-state index contributed by atoms with van der Waals surface area (Å²) < 4.78 is 5.53. The van der Waals surface area contributed by atoms with Crippen LogP contribution in [-0.4, -0.2) is 13.2 Å². The molecule has 0 radical (unpaired) electrons. The monoisotopic (exact) mass is 269 g/mol. The average molecular weight is 270 g/mol. The first kappa shape index (κ1) is 15.2. The lowest BCUT2D eigenvalue weighted by Crippen LogP contribution is -2.11. The number of ether oxygens (including phenoxy) is 1. The van der Waals surface area contributed by atoms with Gasteiger partial charge in [-0.25, -0.2) is 0 Å². The minimum atomic E-state index is 0.482. The summed E-state index contributed by atoms with van der Waals surface area (Å²) in [5.41, 5.74) is 2.17. The van der Waals surface area contributed by atoms with Gasteiger partial charge in [-0.1, -0.05) is 20.3 Å². The molecule has 0 aliphatic carbocycles. The van der Waals surface area contributed by atoms with E-state index in [1.807, 2.05) is 13.0 Å². The van der Waals surface area contributed by atoms with Gasteiger partial charge in [0, 0.05) is 17.8 Å². The van der Waals surface area contributed by atoms with Crippen molar-refractivity contribution >= 4 is 17.3 Å². The normalized spacial score (nSPS) is 12.2. The summed E-state index contributed by atoms with van der Waals surface area (Å²) in [4.78, 5) is 0. The summed E-state index contributed by atoms with van der Waals surface area (Å²) >= 11 is 5.94. The lowest BCUT2D eigenvalue weighted by Gasteiger charge is -2.15. The molecule has 1 aromatic rings. The maximum atomic E-state index is 5.94. The molecule has 0 heterocycles.